The van der Waals surface area contributed by atoms with E-state index >= 15 is 0 Å². The van der Waals surface area contributed by atoms with Crippen molar-refractivity contribution in [1.29, 1.82) is 10.5 Å². The Morgan fingerprint density at radius 1 is 1.21 bits per heavy atom. The Morgan fingerprint density at radius 2 is 1.88 bits per heavy atom. The first-order valence-corrected chi connectivity index (χ1v) is 8.30. The lowest BCUT2D eigenvalue weighted by Crippen LogP contribution is -2.30. The van der Waals surface area contributed by atoms with Gasteiger partial charge in [0.05, 0.1) is 13.1 Å². The van der Waals surface area contributed by atoms with Gasteiger partial charge in [-0.2, -0.15) is 10.5 Å². The molecule has 128 valence electrons. The Bertz CT molecular complexity index is 620. The summed E-state index contributed by atoms with van der Waals surface area (Å²) >= 11 is 0. The van der Waals surface area contributed by atoms with E-state index < -0.39 is 0 Å². The fraction of sp³-hybridized carbons (Fsp3) is 0.529. The average molecular weight is 328 g/mol. The summed E-state index contributed by atoms with van der Waals surface area (Å²) in [5.41, 5.74) is 0.141. The van der Waals surface area contributed by atoms with Crippen molar-refractivity contribution in [3.8, 4) is 12.1 Å². The molecule has 1 aromatic heterocycles. The summed E-state index contributed by atoms with van der Waals surface area (Å²) in [6.07, 6.45) is 1.11. The van der Waals surface area contributed by atoms with Gasteiger partial charge in [0.2, 0.25) is 0 Å². The second kappa shape index (κ2) is 9.61. The van der Waals surface area contributed by atoms with Gasteiger partial charge in [0, 0.05) is 26.2 Å². The van der Waals surface area contributed by atoms with Crippen LogP contribution in [0.4, 0.5) is 0 Å². The van der Waals surface area contributed by atoms with Crippen LogP contribution < -0.4 is 16.0 Å². The topological polar surface area (TPSA) is 100 Å². The molecular formula is C17H24N6O. The van der Waals surface area contributed by atoms with Crippen LogP contribution in [0.3, 0.4) is 0 Å². The van der Waals surface area contributed by atoms with Crippen molar-refractivity contribution in [3.05, 3.63) is 35.0 Å². The lowest BCUT2D eigenvalue weighted by Gasteiger charge is -2.18. The van der Waals surface area contributed by atoms with Gasteiger partial charge in [-0.15, -0.1) is 0 Å². The van der Waals surface area contributed by atoms with Gasteiger partial charge in [0.15, 0.2) is 5.57 Å². The van der Waals surface area contributed by atoms with Gasteiger partial charge in [0.1, 0.15) is 29.5 Å². The van der Waals surface area contributed by atoms with Gasteiger partial charge in [-0.1, -0.05) is 6.92 Å². The minimum Gasteiger partial charge on any atom is -0.463 e. The third-order valence-corrected chi connectivity index (χ3v) is 3.75. The highest BCUT2D eigenvalue weighted by Crippen LogP contribution is 2.11. The Kier molecular flexibility index (Phi) is 7.16. The largest absolute Gasteiger partial charge is 0.463 e. The second-order valence-electron chi connectivity index (χ2n) is 5.58. The van der Waals surface area contributed by atoms with E-state index in [1.165, 1.54) is 0 Å². The summed E-state index contributed by atoms with van der Waals surface area (Å²) < 4.78 is 5.75. The van der Waals surface area contributed by atoms with Crippen LogP contribution in [-0.4, -0.2) is 37.6 Å². The molecule has 1 saturated heterocycles. The van der Waals surface area contributed by atoms with Gasteiger partial charge in [-0.25, -0.2) is 0 Å². The third-order valence-electron chi connectivity index (χ3n) is 3.75. The lowest BCUT2D eigenvalue weighted by molar-refractivity contribution is 0.376. The number of nitrogens with zero attached hydrogens (tertiary/aromatic N) is 3. The van der Waals surface area contributed by atoms with Gasteiger partial charge in [-0.3, -0.25) is 0 Å². The predicted molar refractivity (Wildman–Crippen MR) is 90.2 cm³/mol. The van der Waals surface area contributed by atoms with E-state index in [4.69, 9.17) is 14.9 Å². The maximum Gasteiger partial charge on any atom is 0.169 e. The molecule has 1 aromatic rings. The number of nitrogens with one attached hydrogen (secondary N) is 3. The smallest absolute Gasteiger partial charge is 0.169 e. The molecule has 0 amide bonds. The van der Waals surface area contributed by atoms with Crippen molar-refractivity contribution in [3.63, 3.8) is 0 Å². The maximum atomic E-state index is 8.97. The Balaban J connectivity index is 1.72. The lowest BCUT2D eigenvalue weighted by atomic mass is 10.3. The van der Waals surface area contributed by atoms with E-state index in [9.17, 15) is 0 Å². The summed E-state index contributed by atoms with van der Waals surface area (Å²) in [6.45, 7) is 7.59. The average Bonchev–Trinajstić information content (AvgIpc) is 3.23. The van der Waals surface area contributed by atoms with Crippen molar-refractivity contribution in [2.45, 2.75) is 26.4 Å². The number of rotatable bonds is 9. The summed E-state index contributed by atoms with van der Waals surface area (Å²) in [4.78, 5) is 2.02. The van der Waals surface area contributed by atoms with E-state index in [-0.39, 0.29) is 5.57 Å². The number of hydrogen-bond donors (Lipinski definition) is 3. The monoisotopic (exact) mass is 328 g/mol. The van der Waals surface area contributed by atoms with Crippen LogP contribution in [0.15, 0.2) is 27.9 Å². The maximum absolute atomic E-state index is 8.97. The van der Waals surface area contributed by atoms with Gasteiger partial charge in [0.25, 0.3) is 0 Å². The van der Waals surface area contributed by atoms with Gasteiger partial charge >= 0.3 is 0 Å². The first-order valence-electron chi connectivity index (χ1n) is 8.30. The van der Waals surface area contributed by atoms with Crippen LogP contribution in [0.2, 0.25) is 0 Å². The zero-order chi connectivity index (χ0) is 17.2. The Labute approximate surface area is 142 Å². The summed E-state index contributed by atoms with van der Waals surface area (Å²) in [7, 11) is 0. The van der Waals surface area contributed by atoms with Crippen molar-refractivity contribution in [2.24, 2.45) is 0 Å². The zero-order valence-corrected chi connectivity index (χ0v) is 14.1. The van der Waals surface area contributed by atoms with Crippen molar-refractivity contribution in [1.82, 2.24) is 20.9 Å². The number of hydrogen-bond acceptors (Lipinski definition) is 7. The molecule has 2 heterocycles. The molecule has 1 aliphatic heterocycles. The molecule has 24 heavy (non-hydrogen) atoms. The van der Waals surface area contributed by atoms with Crippen LogP contribution >= 0.6 is 0 Å². The minimum atomic E-state index is 0.141. The van der Waals surface area contributed by atoms with E-state index in [2.05, 4.69) is 22.9 Å². The molecule has 3 N–H and O–H groups in total. The normalized spacial score (nSPS) is 13.5. The first-order chi connectivity index (χ1) is 11.8. The van der Waals surface area contributed by atoms with Crippen molar-refractivity contribution < 1.29 is 4.42 Å². The SMILES string of the molecule is CCCNCc1ccc(CNCCN2CCNC2=C(C#N)C#N)o1. The number of furan rings is 1. The molecule has 0 unspecified atom stereocenters. The molecule has 0 radical (unpaired) electrons. The van der Waals surface area contributed by atoms with Crippen LogP contribution in [0, 0.1) is 22.7 Å². The molecule has 0 saturated carbocycles. The molecule has 0 bridgehead atoms. The first kappa shape index (κ1) is 17.9. The Hall–Kier alpha value is -2.48. The van der Waals surface area contributed by atoms with E-state index in [0.29, 0.717) is 12.4 Å². The summed E-state index contributed by atoms with van der Waals surface area (Å²) in [6, 6.07) is 7.86. The fourth-order valence-corrected chi connectivity index (χ4v) is 2.56. The number of nitriles is 2. The molecule has 0 spiro atoms. The third kappa shape index (κ3) is 5.02. The zero-order valence-electron chi connectivity index (χ0n) is 14.1. The van der Waals surface area contributed by atoms with Gasteiger partial charge in [-0.05, 0) is 25.1 Å². The van der Waals surface area contributed by atoms with Gasteiger partial charge < -0.3 is 25.3 Å². The Morgan fingerprint density at radius 3 is 2.50 bits per heavy atom. The molecule has 2 rings (SSSR count). The molecule has 0 aromatic carbocycles. The highest BCUT2D eigenvalue weighted by molar-refractivity contribution is 5.39. The summed E-state index contributed by atoms with van der Waals surface area (Å²) in [5, 5.41) is 27.7. The quantitative estimate of drug-likeness (QED) is 0.460. The second-order valence-corrected chi connectivity index (χ2v) is 5.58. The molecule has 1 fully saturated rings. The van der Waals surface area contributed by atoms with Crippen LogP contribution in [0.1, 0.15) is 24.9 Å². The highest BCUT2D eigenvalue weighted by atomic mass is 16.3. The standard InChI is InChI=1S/C17H24N6O/c1-2-5-20-12-15-3-4-16(24-15)13-21-6-8-23-9-7-22-17(23)14(10-18)11-19/h3-4,20-22H,2,5-9,12-13H2,1H3. The van der Waals surface area contributed by atoms with E-state index in [1.54, 1.807) is 0 Å². The van der Waals surface area contributed by atoms with E-state index in [1.807, 2.05) is 29.2 Å². The molecular weight excluding hydrogens is 304 g/mol. The fourth-order valence-electron chi connectivity index (χ4n) is 2.56. The van der Waals surface area contributed by atoms with Crippen molar-refractivity contribution >= 4 is 0 Å². The van der Waals surface area contributed by atoms with Crippen LogP contribution in [-0.2, 0) is 13.1 Å². The molecule has 7 nitrogen and oxygen atoms in total. The molecule has 1 aliphatic rings. The number of allylic oxidation sites excluding steroid dienone is 1. The molecule has 7 heteroatoms. The van der Waals surface area contributed by atoms with Crippen LogP contribution in [0.5, 0.6) is 0 Å². The molecule has 0 atom stereocenters. The van der Waals surface area contributed by atoms with Crippen molar-refractivity contribution in [2.75, 3.05) is 32.7 Å². The summed E-state index contributed by atoms with van der Waals surface area (Å²) in [5.74, 6) is 2.50. The van der Waals surface area contributed by atoms with E-state index in [0.717, 1.165) is 57.2 Å². The highest BCUT2D eigenvalue weighted by Gasteiger charge is 2.20. The van der Waals surface area contributed by atoms with Crippen LogP contribution in [0.25, 0.3) is 0 Å². The molecule has 0 aliphatic carbocycles. The predicted octanol–water partition coefficient (Wildman–Crippen LogP) is 1.03. The minimum absolute atomic E-state index is 0.141.